The van der Waals surface area contributed by atoms with Crippen LogP contribution in [0.2, 0.25) is 0 Å². The molecule has 1 aromatic carbocycles. The van der Waals surface area contributed by atoms with Crippen molar-refractivity contribution in [3.63, 3.8) is 0 Å². The van der Waals surface area contributed by atoms with Gasteiger partial charge in [-0.15, -0.1) is 0 Å². The van der Waals surface area contributed by atoms with Gasteiger partial charge in [0, 0.05) is 18.7 Å². The highest BCUT2D eigenvalue weighted by molar-refractivity contribution is 5.94. The minimum atomic E-state index is 0.121. The predicted octanol–water partition coefficient (Wildman–Crippen LogP) is 2.79. The van der Waals surface area contributed by atoms with E-state index in [4.69, 9.17) is 4.74 Å². The van der Waals surface area contributed by atoms with Crippen molar-refractivity contribution in [1.29, 1.82) is 0 Å². The maximum absolute atomic E-state index is 12.7. The average molecular weight is 304 g/mol. The first-order valence-corrected chi connectivity index (χ1v) is 8.27. The molecular weight excluding hydrogens is 276 g/mol. The van der Waals surface area contributed by atoms with Crippen molar-refractivity contribution < 1.29 is 9.53 Å². The lowest BCUT2D eigenvalue weighted by Gasteiger charge is -2.32. The van der Waals surface area contributed by atoms with E-state index in [-0.39, 0.29) is 5.91 Å². The summed E-state index contributed by atoms with van der Waals surface area (Å²) in [6.07, 6.45) is 2.28. The molecule has 1 atom stereocenters. The van der Waals surface area contributed by atoms with Crippen LogP contribution in [0.3, 0.4) is 0 Å². The third kappa shape index (κ3) is 4.73. The summed E-state index contributed by atoms with van der Waals surface area (Å²) in [6, 6.07) is 7.57. The summed E-state index contributed by atoms with van der Waals surface area (Å²) in [5.41, 5.74) is 0.728. The van der Waals surface area contributed by atoms with Gasteiger partial charge in [0.15, 0.2) is 0 Å². The molecular formula is C18H28N2O2. The molecule has 2 rings (SSSR count). The van der Waals surface area contributed by atoms with Crippen molar-refractivity contribution >= 4 is 5.91 Å². The van der Waals surface area contributed by atoms with Crippen LogP contribution in [0.15, 0.2) is 24.3 Å². The van der Waals surface area contributed by atoms with E-state index in [9.17, 15) is 4.79 Å². The van der Waals surface area contributed by atoms with Crippen LogP contribution in [-0.2, 0) is 0 Å². The van der Waals surface area contributed by atoms with Gasteiger partial charge in [-0.1, -0.05) is 19.9 Å². The van der Waals surface area contributed by atoms with Gasteiger partial charge in [0.25, 0.3) is 5.91 Å². The Balaban J connectivity index is 2.00. The Bertz CT molecular complexity index is 486. The van der Waals surface area contributed by atoms with E-state index in [0.29, 0.717) is 18.4 Å². The molecule has 0 saturated carbocycles. The first-order chi connectivity index (χ1) is 10.6. The fourth-order valence-electron chi connectivity index (χ4n) is 2.87. The molecule has 0 radical (unpaired) electrons. The smallest absolute Gasteiger partial charge is 0.253 e. The largest absolute Gasteiger partial charge is 0.493 e. The Morgan fingerprint density at radius 3 is 3.00 bits per heavy atom. The Morgan fingerprint density at radius 1 is 1.45 bits per heavy atom. The normalized spacial score (nSPS) is 18.5. The fourth-order valence-corrected chi connectivity index (χ4v) is 2.87. The van der Waals surface area contributed by atoms with E-state index in [1.807, 2.05) is 36.2 Å². The quantitative estimate of drug-likeness (QED) is 0.878. The van der Waals surface area contributed by atoms with Gasteiger partial charge in [-0.2, -0.15) is 0 Å². The van der Waals surface area contributed by atoms with Crippen LogP contribution in [-0.4, -0.2) is 44.1 Å². The topological polar surface area (TPSA) is 41.6 Å². The third-order valence-corrected chi connectivity index (χ3v) is 3.96. The molecule has 0 aliphatic carbocycles. The second-order valence-corrected chi connectivity index (χ2v) is 6.55. The van der Waals surface area contributed by atoms with Gasteiger partial charge >= 0.3 is 0 Å². The molecule has 4 heteroatoms. The van der Waals surface area contributed by atoms with Gasteiger partial charge in [-0.3, -0.25) is 4.79 Å². The summed E-state index contributed by atoms with van der Waals surface area (Å²) in [5.74, 6) is 1.94. The Labute approximate surface area is 133 Å². The zero-order valence-electron chi connectivity index (χ0n) is 14.0. The van der Waals surface area contributed by atoms with Crippen LogP contribution >= 0.6 is 0 Å². The number of nitrogens with one attached hydrogen (secondary N) is 1. The summed E-state index contributed by atoms with van der Waals surface area (Å²) >= 11 is 0. The standard InChI is InChI=1S/C18H28N2O2/c1-14(2)13-22-17-8-4-7-16(10-17)18(21)20-9-5-6-15(12-20)11-19-3/h4,7-8,10,14-15,19H,5-6,9,11-13H2,1-3H3. The number of hydrogen-bond acceptors (Lipinski definition) is 3. The van der Waals surface area contributed by atoms with Gasteiger partial charge in [-0.05, 0) is 56.5 Å². The predicted molar refractivity (Wildman–Crippen MR) is 89.3 cm³/mol. The number of carbonyl (C=O) groups excluding carboxylic acids is 1. The maximum Gasteiger partial charge on any atom is 0.253 e. The molecule has 1 saturated heterocycles. The van der Waals surface area contributed by atoms with Crippen molar-refractivity contribution in [3.8, 4) is 5.75 Å². The highest BCUT2D eigenvalue weighted by Gasteiger charge is 2.24. The average Bonchev–Trinajstić information content (AvgIpc) is 2.53. The molecule has 0 bridgehead atoms. The zero-order valence-corrected chi connectivity index (χ0v) is 14.0. The van der Waals surface area contributed by atoms with Crippen molar-refractivity contribution in [1.82, 2.24) is 10.2 Å². The molecule has 0 aromatic heterocycles. The molecule has 1 aliphatic heterocycles. The summed E-state index contributed by atoms with van der Waals surface area (Å²) in [4.78, 5) is 14.7. The van der Waals surface area contributed by atoms with Gasteiger partial charge < -0.3 is 15.0 Å². The van der Waals surface area contributed by atoms with Gasteiger partial charge in [0.2, 0.25) is 0 Å². The Morgan fingerprint density at radius 2 is 2.27 bits per heavy atom. The summed E-state index contributed by atoms with van der Waals surface area (Å²) in [6.45, 7) is 7.58. The molecule has 1 unspecified atom stereocenters. The van der Waals surface area contributed by atoms with E-state index < -0.39 is 0 Å². The molecule has 122 valence electrons. The SMILES string of the molecule is CNCC1CCCN(C(=O)c2cccc(OCC(C)C)c2)C1. The van der Waals surface area contributed by atoms with Crippen molar-refractivity contribution in [2.24, 2.45) is 11.8 Å². The number of rotatable bonds is 6. The molecule has 1 N–H and O–H groups in total. The monoisotopic (exact) mass is 304 g/mol. The maximum atomic E-state index is 12.7. The molecule has 1 aromatic rings. The number of nitrogens with zero attached hydrogens (tertiary/aromatic N) is 1. The van der Waals surface area contributed by atoms with Crippen LogP contribution in [0, 0.1) is 11.8 Å². The van der Waals surface area contributed by atoms with E-state index in [2.05, 4.69) is 19.2 Å². The number of piperidine rings is 1. The second-order valence-electron chi connectivity index (χ2n) is 6.55. The second kappa shape index (κ2) is 8.18. The Hall–Kier alpha value is -1.55. The molecule has 1 heterocycles. The lowest BCUT2D eigenvalue weighted by molar-refractivity contribution is 0.0674. The lowest BCUT2D eigenvalue weighted by atomic mass is 9.97. The van der Waals surface area contributed by atoms with E-state index in [1.165, 1.54) is 6.42 Å². The van der Waals surface area contributed by atoms with Crippen molar-refractivity contribution in [2.75, 3.05) is 33.3 Å². The number of benzene rings is 1. The first-order valence-electron chi connectivity index (χ1n) is 8.27. The van der Waals surface area contributed by atoms with Crippen molar-refractivity contribution in [2.45, 2.75) is 26.7 Å². The van der Waals surface area contributed by atoms with Crippen LogP contribution in [0.1, 0.15) is 37.0 Å². The minimum Gasteiger partial charge on any atom is -0.493 e. The molecule has 22 heavy (non-hydrogen) atoms. The van der Waals surface area contributed by atoms with Crippen molar-refractivity contribution in [3.05, 3.63) is 29.8 Å². The number of amides is 1. The molecule has 4 nitrogen and oxygen atoms in total. The molecule has 1 aliphatic rings. The van der Waals surface area contributed by atoms with Gasteiger partial charge in [-0.25, -0.2) is 0 Å². The fraction of sp³-hybridized carbons (Fsp3) is 0.611. The van der Waals surface area contributed by atoms with E-state index in [0.717, 1.165) is 37.4 Å². The molecule has 1 fully saturated rings. The minimum absolute atomic E-state index is 0.121. The first kappa shape index (κ1) is 16.8. The third-order valence-electron chi connectivity index (χ3n) is 3.96. The summed E-state index contributed by atoms with van der Waals surface area (Å²) < 4.78 is 5.72. The number of carbonyl (C=O) groups is 1. The number of hydrogen-bond donors (Lipinski definition) is 1. The lowest BCUT2D eigenvalue weighted by Crippen LogP contribution is -2.42. The van der Waals surface area contributed by atoms with E-state index in [1.54, 1.807) is 0 Å². The summed E-state index contributed by atoms with van der Waals surface area (Å²) in [5, 5.41) is 3.22. The molecule has 0 spiro atoms. The van der Waals surface area contributed by atoms with Crippen LogP contribution in [0.4, 0.5) is 0 Å². The van der Waals surface area contributed by atoms with Crippen LogP contribution in [0.5, 0.6) is 5.75 Å². The van der Waals surface area contributed by atoms with Gasteiger partial charge in [0.05, 0.1) is 6.61 Å². The van der Waals surface area contributed by atoms with Crippen LogP contribution in [0.25, 0.3) is 0 Å². The highest BCUT2D eigenvalue weighted by Crippen LogP contribution is 2.20. The van der Waals surface area contributed by atoms with Gasteiger partial charge in [0.1, 0.15) is 5.75 Å². The van der Waals surface area contributed by atoms with E-state index >= 15 is 0 Å². The summed E-state index contributed by atoms with van der Waals surface area (Å²) in [7, 11) is 1.97. The van der Waals surface area contributed by atoms with Crippen LogP contribution < -0.4 is 10.1 Å². The zero-order chi connectivity index (χ0) is 15.9. The Kier molecular flexibility index (Phi) is 6.25. The highest BCUT2D eigenvalue weighted by atomic mass is 16.5. The number of likely N-dealkylation sites (tertiary alicyclic amines) is 1. The molecule has 1 amide bonds. The number of ether oxygens (including phenoxy) is 1.